The highest BCUT2D eigenvalue weighted by molar-refractivity contribution is 5.36. The molecule has 0 unspecified atom stereocenters. The Bertz CT molecular complexity index is 567. The predicted octanol–water partition coefficient (Wildman–Crippen LogP) is 4.99. The first-order valence-corrected chi connectivity index (χ1v) is 9.93. The average molecular weight is 357 g/mol. The van der Waals surface area contributed by atoms with Crippen molar-refractivity contribution in [3.05, 3.63) is 35.4 Å². The standard InChI is InChI=1S/C19H24N2O.2C2H6/c1-19(9-12-20)10-13-21(14-11-19)16-18-7-5-17(6-8-18)4-2-3-15-22;2*1-2/h5-8,22H,3,9-11,13-16H2,1H3;2*1-2H3. The first-order chi connectivity index (χ1) is 12.6. The Labute approximate surface area is 161 Å². The maximum atomic E-state index is 8.90. The van der Waals surface area contributed by atoms with Crippen LogP contribution in [-0.2, 0) is 6.54 Å². The molecule has 0 bridgehead atoms. The van der Waals surface area contributed by atoms with Gasteiger partial charge in [0.05, 0.1) is 12.7 Å². The van der Waals surface area contributed by atoms with Crippen molar-refractivity contribution in [3.8, 4) is 17.9 Å². The Morgan fingerprint density at radius 3 is 2.15 bits per heavy atom. The Balaban J connectivity index is 0.00000146. The normalized spacial score (nSPS) is 15.1. The number of rotatable bonds is 4. The number of hydrogen-bond donors (Lipinski definition) is 1. The van der Waals surface area contributed by atoms with E-state index in [2.05, 4.69) is 41.9 Å². The molecule has 0 amide bonds. The van der Waals surface area contributed by atoms with Gasteiger partial charge >= 0.3 is 0 Å². The second kappa shape index (κ2) is 14.4. The van der Waals surface area contributed by atoms with Gasteiger partial charge in [0.1, 0.15) is 0 Å². The second-order valence-electron chi connectivity index (χ2n) is 6.39. The maximum Gasteiger partial charge on any atom is 0.0627 e. The molecule has 0 spiro atoms. The molecule has 1 N–H and O–H groups in total. The lowest BCUT2D eigenvalue weighted by Gasteiger charge is -2.38. The molecule has 1 aromatic carbocycles. The van der Waals surface area contributed by atoms with E-state index in [0.717, 1.165) is 38.0 Å². The zero-order chi connectivity index (χ0) is 19.8. The van der Waals surface area contributed by atoms with Crippen LogP contribution < -0.4 is 0 Å². The topological polar surface area (TPSA) is 47.3 Å². The third kappa shape index (κ3) is 9.04. The van der Waals surface area contributed by atoms with Crippen LogP contribution in [0.15, 0.2) is 24.3 Å². The highest BCUT2D eigenvalue weighted by atomic mass is 16.2. The van der Waals surface area contributed by atoms with E-state index in [1.54, 1.807) is 0 Å². The summed E-state index contributed by atoms with van der Waals surface area (Å²) in [6, 6.07) is 10.7. The molecule has 26 heavy (non-hydrogen) atoms. The molecule has 1 aromatic rings. The molecule has 2 rings (SSSR count). The summed E-state index contributed by atoms with van der Waals surface area (Å²) in [7, 11) is 0. The number of nitrogens with zero attached hydrogens (tertiary/aromatic N) is 2. The molecule has 1 heterocycles. The monoisotopic (exact) mass is 356 g/mol. The van der Waals surface area contributed by atoms with Crippen molar-refractivity contribution in [2.24, 2.45) is 5.41 Å². The predicted molar refractivity (Wildman–Crippen MR) is 111 cm³/mol. The summed E-state index contributed by atoms with van der Waals surface area (Å²) in [6.45, 7) is 13.4. The maximum absolute atomic E-state index is 8.90. The van der Waals surface area contributed by atoms with Crippen molar-refractivity contribution in [2.75, 3.05) is 19.7 Å². The van der Waals surface area contributed by atoms with Gasteiger partial charge in [0.2, 0.25) is 0 Å². The van der Waals surface area contributed by atoms with Crippen LogP contribution in [0.1, 0.15) is 71.4 Å². The molecular formula is C23H36N2O. The van der Waals surface area contributed by atoms with Crippen LogP contribution in [0.2, 0.25) is 0 Å². The lowest BCUT2D eigenvalue weighted by Crippen LogP contribution is -2.38. The fourth-order valence-corrected chi connectivity index (χ4v) is 2.79. The number of aliphatic hydroxyl groups is 1. The van der Waals surface area contributed by atoms with E-state index >= 15 is 0 Å². The van der Waals surface area contributed by atoms with Gasteiger partial charge in [0.15, 0.2) is 0 Å². The summed E-state index contributed by atoms with van der Waals surface area (Å²) in [6.07, 6.45) is 3.40. The van der Waals surface area contributed by atoms with Gasteiger partial charge < -0.3 is 5.11 Å². The highest BCUT2D eigenvalue weighted by Crippen LogP contribution is 2.34. The molecule has 3 heteroatoms. The van der Waals surface area contributed by atoms with Crippen molar-refractivity contribution in [1.29, 1.82) is 5.26 Å². The van der Waals surface area contributed by atoms with Crippen LogP contribution in [0.25, 0.3) is 0 Å². The molecular weight excluding hydrogens is 320 g/mol. The Morgan fingerprint density at radius 1 is 1.08 bits per heavy atom. The number of hydrogen-bond acceptors (Lipinski definition) is 3. The molecule has 0 atom stereocenters. The van der Waals surface area contributed by atoms with Gasteiger partial charge in [-0.3, -0.25) is 4.90 Å². The highest BCUT2D eigenvalue weighted by Gasteiger charge is 2.29. The summed E-state index contributed by atoms with van der Waals surface area (Å²) < 4.78 is 0. The Hall–Kier alpha value is -1.81. The van der Waals surface area contributed by atoms with Crippen molar-refractivity contribution in [1.82, 2.24) is 4.90 Å². The molecule has 0 radical (unpaired) electrons. The molecule has 1 fully saturated rings. The van der Waals surface area contributed by atoms with E-state index in [9.17, 15) is 0 Å². The average Bonchev–Trinajstić information content (AvgIpc) is 2.69. The lowest BCUT2D eigenvalue weighted by molar-refractivity contribution is 0.116. The first kappa shape index (κ1) is 24.2. The van der Waals surface area contributed by atoms with Crippen molar-refractivity contribution in [3.63, 3.8) is 0 Å². The van der Waals surface area contributed by atoms with E-state index in [1.165, 1.54) is 5.56 Å². The third-order valence-electron chi connectivity index (χ3n) is 4.40. The van der Waals surface area contributed by atoms with Crippen LogP contribution in [-0.4, -0.2) is 29.7 Å². The van der Waals surface area contributed by atoms with Crippen LogP contribution in [0, 0.1) is 28.6 Å². The fraction of sp³-hybridized carbons (Fsp3) is 0.609. The van der Waals surface area contributed by atoms with Gasteiger partial charge in [-0.1, -0.05) is 58.6 Å². The van der Waals surface area contributed by atoms with Gasteiger partial charge in [0.25, 0.3) is 0 Å². The van der Waals surface area contributed by atoms with Gasteiger partial charge in [0, 0.05) is 24.9 Å². The van der Waals surface area contributed by atoms with Crippen molar-refractivity contribution >= 4 is 0 Å². The summed E-state index contributed by atoms with van der Waals surface area (Å²) in [4.78, 5) is 2.46. The van der Waals surface area contributed by atoms with Crippen molar-refractivity contribution < 1.29 is 5.11 Å². The number of likely N-dealkylation sites (tertiary alicyclic amines) is 1. The van der Waals surface area contributed by atoms with E-state index in [-0.39, 0.29) is 12.0 Å². The summed E-state index contributed by atoms with van der Waals surface area (Å²) in [5.74, 6) is 5.98. The van der Waals surface area contributed by atoms with Crippen LogP contribution in [0.4, 0.5) is 0 Å². The molecule has 144 valence electrons. The third-order valence-corrected chi connectivity index (χ3v) is 4.40. The zero-order valence-corrected chi connectivity index (χ0v) is 17.3. The summed E-state index contributed by atoms with van der Waals surface area (Å²) in [5, 5.41) is 17.6. The Kier molecular flexibility index (Phi) is 13.4. The van der Waals surface area contributed by atoms with Gasteiger partial charge in [-0.15, -0.1) is 0 Å². The molecule has 0 saturated carbocycles. The van der Waals surface area contributed by atoms with E-state index in [4.69, 9.17) is 10.4 Å². The zero-order valence-electron chi connectivity index (χ0n) is 17.3. The van der Waals surface area contributed by atoms with Gasteiger partial charge in [-0.05, 0) is 49.0 Å². The van der Waals surface area contributed by atoms with Gasteiger partial charge in [-0.2, -0.15) is 5.26 Å². The van der Waals surface area contributed by atoms with Crippen LogP contribution in [0.5, 0.6) is 0 Å². The minimum absolute atomic E-state index is 0.116. The van der Waals surface area contributed by atoms with Gasteiger partial charge in [-0.25, -0.2) is 0 Å². The lowest BCUT2D eigenvalue weighted by atomic mass is 9.78. The SMILES string of the molecule is CC.CC.CC1(CC#N)CCN(Cc2ccc(C#CCCO)cc2)CC1. The first-order valence-electron chi connectivity index (χ1n) is 9.93. The number of piperidine rings is 1. The molecule has 1 saturated heterocycles. The minimum atomic E-state index is 0.116. The molecule has 0 aromatic heterocycles. The number of nitriles is 1. The Morgan fingerprint density at radius 2 is 1.65 bits per heavy atom. The molecule has 0 aliphatic carbocycles. The number of benzene rings is 1. The summed E-state index contributed by atoms with van der Waals surface area (Å²) in [5.41, 5.74) is 2.51. The summed E-state index contributed by atoms with van der Waals surface area (Å²) >= 11 is 0. The van der Waals surface area contributed by atoms with Crippen LogP contribution in [0.3, 0.4) is 0 Å². The quantitative estimate of drug-likeness (QED) is 0.773. The minimum Gasteiger partial charge on any atom is -0.395 e. The van der Waals surface area contributed by atoms with E-state index in [0.29, 0.717) is 12.8 Å². The molecule has 1 aliphatic heterocycles. The van der Waals surface area contributed by atoms with E-state index < -0.39 is 0 Å². The van der Waals surface area contributed by atoms with Crippen LogP contribution >= 0.6 is 0 Å². The number of aliphatic hydroxyl groups excluding tert-OH is 1. The van der Waals surface area contributed by atoms with Crippen molar-refractivity contribution in [2.45, 2.75) is 66.8 Å². The second-order valence-corrected chi connectivity index (χ2v) is 6.39. The largest absolute Gasteiger partial charge is 0.395 e. The molecule has 1 aliphatic rings. The smallest absolute Gasteiger partial charge is 0.0627 e. The fourth-order valence-electron chi connectivity index (χ4n) is 2.79. The molecule has 3 nitrogen and oxygen atoms in total. The van der Waals surface area contributed by atoms with E-state index in [1.807, 2.05) is 39.8 Å².